The van der Waals surface area contributed by atoms with Crippen molar-refractivity contribution in [2.75, 3.05) is 13.2 Å². The van der Waals surface area contributed by atoms with Gasteiger partial charge in [-0.1, -0.05) is 48.5 Å². The molecule has 2 rings (SSSR count). The first-order valence-corrected chi connectivity index (χ1v) is 7.13. The van der Waals surface area contributed by atoms with Gasteiger partial charge in [0.1, 0.15) is 6.61 Å². The van der Waals surface area contributed by atoms with Gasteiger partial charge in [-0.15, -0.1) is 0 Å². The van der Waals surface area contributed by atoms with Crippen LogP contribution < -0.4 is 0 Å². The van der Waals surface area contributed by atoms with Crippen molar-refractivity contribution in [3.8, 4) is 0 Å². The van der Waals surface area contributed by atoms with Crippen LogP contribution in [0.1, 0.15) is 33.2 Å². The zero-order valence-corrected chi connectivity index (χ0v) is 12.5. The average molecular weight is 298 g/mol. The maximum Gasteiger partial charge on any atom is 0.338 e. The third-order valence-electron chi connectivity index (χ3n) is 3.07. The Balaban J connectivity index is 1.99. The Morgan fingerprint density at radius 1 is 0.909 bits per heavy atom. The molecule has 2 aromatic carbocycles. The molecule has 0 fully saturated rings. The second-order valence-electron chi connectivity index (χ2n) is 4.67. The molecule has 0 radical (unpaired) electrons. The van der Waals surface area contributed by atoms with Crippen molar-refractivity contribution in [3.05, 3.63) is 71.3 Å². The third-order valence-corrected chi connectivity index (χ3v) is 3.07. The van der Waals surface area contributed by atoms with Crippen LogP contribution >= 0.6 is 0 Å². The maximum absolute atomic E-state index is 12.2. The van der Waals surface area contributed by atoms with Gasteiger partial charge in [0.05, 0.1) is 18.8 Å². The van der Waals surface area contributed by atoms with E-state index < -0.39 is 5.97 Å². The van der Waals surface area contributed by atoms with Crippen LogP contribution in [0.4, 0.5) is 0 Å². The Bertz CT molecular complexity index is 635. The second kappa shape index (κ2) is 8.10. The molecule has 0 N–H and O–H groups in total. The number of hydrogen-bond acceptors (Lipinski definition) is 4. The van der Waals surface area contributed by atoms with Gasteiger partial charge >= 0.3 is 5.97 Å². The molecule has 0 saturated heterocycles. The van der Waals surface area contributed by atoms with Gasteiger partial charge in [-0.3, -0.25) is 4.79 Å². The first-order valence-electron chi connectivity index (χ1n) is 7.13. The van der Waals surface area contributed by atoms with Crippen molar-refractivity contribution >= 4 is 11.8 Å². The van der Waals surface area contributed by atoms with E-state index >= 15 is 0 Å². The highest BCUT2D eigenvalue weighted by atomic mass is 16.5. The number of carbonyl (C=O) groups is 2. The first kappa shape index (κ1) is 15.9. The summed E-state index contributed by atoms with van der Waals surface area (Å²) in [5.74, 6) is -0.728. The minimum atomic E-state index is -0.491. The van der Waals surface area contributed by atoms with E-state index in [1.54, 1.807) is 31.2 Å². The van der Waals surface area contributed by atoms with Crippen molar-refractivity contribution in [1.29, 1.82) is 0 Å². The van der Waals surface area contributed by atoms with Crippen LogP contribution in [0.5, 0.6) is 0 Å². The maximum atomic E-state index is 12.2. The molecule has 0 bridgehead atoms. The molecule has 0 aromatic heterocycles. The molecule has 0 unspecified atom stereocenters. The normalized spacial score (nSPS) is 10.2. The van der Waals surface area contributed by atoms with Gasteiger partial charge in [0.2, 0.25) is 0 Å². The Labute approximate surface area is 129 Å². The minimum Gasteiger partial charge on any atom is -0.462 e. The van der Waals surface area contributed by atoms with Crippen molar-refractivity contribution in [2.24, 2.45) is 0 Å². The Hall–Kier alpha value is -2.46. The lowest BCUT2D eigenvalue weighted by molar-refractivity contribution is 0.0519. The van der Waals surface area contributed by atoms with Crippen LogP contribution in [-0.2, 0) is 16.1 Å². The van der Waals surface area contributed by atoms with E-state index in [9.17, 15) is 9.59 Å². The molecule has 0 atom stereocenters. The number of Topliss-reactive ketones (excluding diaryl/α,β-unsaturated/α-hetero) is 1. The van der Waals surface area contributed by atoms with Gasteiger partial charge in [-0.25, -0.2) is 4.79 Å². The van der Waals surface area contributed by atoms with Gasteiger partial charge < -0.3 is 9.47 Å². The Kier molecular flexibility index (Phi) is 5.86. The van der Waals surface area contributed by atoms with Gasteiger partial charge in [0.25, 0.3) is 0 Å². The quantitative estimate of drug-likeness (QED) is 0.581. The number of ketones is 1. The largest absolute Gasteiger partial charge is 0.462 e. The first-order chi connectivity index (χ1) is 10.7. The molecule has 0 amide bonds. The highest BCUT2D eigenvalue weighted by Crippen LogP contribution is 2.12. The fourth-order valence-corrected chi connectivity index (χ4v) is 2.03. The van der Waals surface area contributed by atoms with Crippen molar-refractivity contribution in [1.82, 2.24) is 0 Å². The summed E-state index contributed by atoms with van der Waals surface area (Å²) in [6, 6.07) is 16.2. The van der Waals surface area contributed by atoms with Gasteiger partial charge in [-0.2, -0.15) is 0 Å². The number of esters is 1. The van der Waals surface area contributed by atoms with E-state index in [0.29, 0.717) is 12.2 Å². The standard InChI is InChI=1S/C18H18O4/c1-2-22-18(20)16-11-7-6-10-15(16)17(19)13-21-12-14-8-4-3-5-9-14/h3-11H,2,12-13H2,1H3. The molecule has 114 valence electrons. The third kappa shape index (κ3) is 4.27. The fourth-order valence-electron chi connectivity index (χ4n) is 2.03. The lowest BCUT2D eigenvalue weighted by atomic mass is 10.0. The molecule has 2 aromatic rings. The lowest BCUT2D eigenvalue weighted by Gasteiger charge is -2.08. The highest BCUT2D eigenvalue weighted by Gasteiger charge is 2.17. The number of hydrogen-bond donors (Lipinski definition) is 0. The number of ether oxygens (including phenoxy) is 2. The molecule has 0 saturated carbocycles. The van der Waals surface area contributed by atoms with Crippen LogP contribution in [0.3, 0.4) is 0 Å². The van der Waals surface area contributed by atoms with Crippen molar-refractivity contribution in [2.45, 2.75) is 13.5 Å². The fraction of sp³-hybridized carbons (Fsp3) is 0.222. The van der Waals surface area contributed by atoms with Crippen LogP contribution in [0.25, 0.3) is 0 Å². The van der Waals surface area contributed by atoms with E-state index in [1.807, 2.05) is 30.3 Å². The summed E-state index contributed by atoms with van der Waals surface area (Å²) >= 11 is 0. The van der Waals surface area contributed by atoms with E-state index in [4.69, 9.17) is 9.47 Å². The average Bonchev–Trinajstić information content (AvgIpc) is 2.56. The molecule has 0 spiro atoms. The highest BCUT2D eigenvalue weighted by molar-refractivity contribution is 6.06. The van der Waals surface area contributed by atoms with Gasteiger partial charge in [0, 0.05) is 5.56 Å². The topological polar surface area (TPSA) is 52.6 Å². The van der Waals surface area contributed by atoms with Crippen LogP contribution in [0.2, 0.25) is 0 Å². The molecule has 22 heavy (non-hydrogen) atoms. The predicted molar refractivity (Wildman–Crippen MR) is 82.8 cm³/mol. The van der Waals surface area contributed by atoms with E-state index in [1.165, 1.54) is 0 Å². The minimum absolute atomic E-state index is 0.0781. The molecule has 4 heteroatoms. The second-order valence-corrected chi connectivity index (χ2v) is 4.67. The van der Waals surface area contributed by atoms with Crippen molar-refractivity contribution < 1.29 is 19.1 Å². The zero-order chi connectivity index (χ0) is 15.8. The summed E-state index contributed by atoms with van der Waals surface area (Å²) < 4.78 is 10.4. The van der Waals surface area contributed by atoms with E-state index in [2.05, 4.69) is 0 Å². The Morgan fingerprint density at radius 2 is 1.55 bits per heavy atom. The zero-order valence-electron chi connectivity index (χ0n) is 12.5. The van der Waals surface area contributed by atoms with Crippen molar-refractivity contribution in [3.63, 3.8) is 0 Å². The van der Waals surface area contributed by atoms with Gasteiger partial charge in [0.15, 0.2) is 5.78 Å². The SMILES string of the molecule is CCOC(=O)c1ccccc1C(=O)COCc1ccccc1. The lowest BCUT2D eigenvalue weighted by Crippen LogP contribution is -2.15. The van der Waals surface area contributed by atoms with Crippen LogP contribution in [0.15, 0.2) is 54.6 Å². The summed E-state index contributed by atoms with van der Waals surface area (Å²) in [6.45, 7) is 2.27. The smallest absolute Gasteiger partial charge is 0.338 e. The number of benzene rings is 2. The predicted octanol–water partition coefficient (Wildman–Crippen LogP) is 3.26. The molecular weight excluding hydrogens is 280 g/mol. The number of carbonyl (C=O) groups excluding carboxylic acids is 2. The van der Waals surface area contributed by atoms with Crippen LogP contribution in [-0.4, -0.2) is 25.0 Å². The summed E-state index contributed by atoms with van der Waals surface area (Å²) in [5, 5.41) is 0. The van der Waals surface area contributed by atoms with E-state index in [-0.39, 0.29) is 24.6 Å². The molecular formula is C18H18O4. The molecule has 4 nitrogen and oxygen atoms in total. The van der Waals surface area contributed by atoms with Gasteiger partial charge in [-0.05, 0) is 18.6 Å². The van der Waals surface area contributed by atoms with E-state index in [0.717, 1.165) is 5.56 Å². The summed E-state index contributed by atoms with van der Waals surface area (Å²) in [5.41, 5.74) is 1.60. The summed E-state index contributed by atoms with van der Waals surface area (Å²) in [7, 11) is 0. The molecule has 0 aliphatic carbocycles. The number of rotatable bonds is 7. The molecule has 0 aliphatic heterocycles. The van der Waals surface area contributed by atoms with Crippen LogP contribution in [0, 0.1) is 0 Å². The molecule has 0 aliphatic rings. The monoisotopic (exact) mass is 298 g/mol. The Morgan fingerprint density at radius 3 is 2.23 bits per heavy atom. The summed E-state index contributed by atoms with van der Waals surface area (Å²) in [4.78, 5) is 24.1. The molecule has 0 heterocycles. The summed E-state index contributed by atoms with van der Waals surface area (Å²) in [6.07, 6.45) is 0.